The van der Waals surface area contributed by atoms with Gasteiger partial charge in [-0.05, 0) is 81.8 Å². The number of rotatable bonds is 16. The molecule has 1 saturated carbocycles. The number of aliphatic hydroxyl groups excluding tert-OH is 1. The highest BCUT2D eigenvalue weighted by Crippen LogP contribution is 2.37. The molecule has 0 atom stereocenters. The van der Waals surface area contributed by atoms with Gasteiger partial charge in [0.15, 0.2) is 0 Å². The maximum absolute atomic E-state index is 12.9. The van der Waals surface area contributed by atoms with E-state index in [9.17, 15) is 19.8 Å². The van der Waals surface area contributed by atoms with Gasteiger partial charge in [0.25, 0.3) is 0 Å². The van der Waals surface area contributed by atoms with Crippen LogP contribution in [-0.4, -0.2) is 59.9 Å². The summed E-state index contributed by atoms with van der Waals surface area (Å²) in [4.78, 5) is 29.8. The van der Waals surface area contributed by atoms with Crippen LogP contribution in [0.15, 0.2) is 60.7 Å². The first-order chi connectivity index (χ1) is 22.7. The number of halogens is 1. The third-order valence-electron chi connectivity index (χ3n) is 9.32. The number of anilines is 2. The number of carbonyl (C=O) groups is 2. The second-order valence-electron chi connectivity index (χ2n) is 12.6. The first kappa shape index (κ1) is 36.2. The highest BCUT2D eigenvalue weighted by atomic mass is 35.5. The SMILES string of the molecule is CCCCCCN(C)[C@H]1CC[C@H](N(C(=O)O)c2cc(CCCC(=O)Nc3cc(OC)c(CO)cc3Cl)ccc2-c2ccccc2)CC1. The number of methoxy groups -OCH3 is 1. The van der Waals surface area contributed by atoms with Crippen molar-refractivity contribution < 1.29 is 24.5 Å². The van der Waals surface area contributed by atoms with Crippen LogP contribution in [0.25, 0.3) is 11.1 Å². The normalized spacial score (nSPS) is 16.2. The Bertz CT molecular complexity index is 1460. The average molecular weight is 664 g/mol. The minimum atomic E-state index is -0.936. The van der Waals surface area contributed by atoms with Gasteiger partial charge in [0.2, 0.25) is 5.91 Å². The lowest BCUT2D eigenvalue weighted by molar-refractivity contribution is -0.116. The fourth-order valence-corrected chi connectivity index (χ4v) is 6.88. The number of benzene rings is 3. The van der Waals surface area contributed by atoms with Crippen molar-refractivity contribution in [2.75, 3.05) is 30.9 Å². The monoisotopic (exact) mass is 663 g/mol. The zero-order valence-corrected chi connectivity index (χ0v) is 28.8. The van der Waals surface area contributed by atoms with Crippen molar-refractivity contribution in [1.82, 2.24) is 4.90 Å². The van der Waals surface area contributed by atoms with E-state index in [-0.39, 0.29) is 25.0 Å². The van der Waals surface area contributed by atoms with E-state index in [1.54, 1.807) is 17.0 Å². The predicted octanol–water partition coefficient (Wildman–Crippen LogP) is 8.78. The Morgan fingerprint density at radius 3 is 2.34 bits per heavy atom. The van der Waals surface area contributed by atoms with Crippen molar-refractivity contribution in [3.63, 3.8) is 0 Å². The maximum atomic E-state index is 12.9. The van der Waals surface area contributed by atoms with E-state index >= 15 is 0 Å². The number of aryl methyl sites for hydroxylation is 1. The number of ether oxygens (including phenoxy) is 1. The van der Waals surface area contributed by atoms with Crippen LogP contribution in [0.4, 0.5) is 16.2 Å². The molecule has 1 fully saturated rings. The van der Waals surface area contributed by atoms with Crippen molar-refractivity contribution in [2.45, 2.75) is 96.2 Å². The topological polar surface area (TPSA) is 102 Å². The second-order valence-corrected chi connectivity index (χ2v) is 13.0. The highest BCUT2D eigenvalue weighted by molar-refractivity contribution is 6.33. The maximum Gasteiger partial charge on any atom is 0.412 e. The molecule has 47 heavy (non-hydrogen) atoms. The van der Waals surface area contributed by atoms with Gasteiger partial charge in [0.05, 0.1) is 30.1 Å². The van der Waals surface area contributed by atoms with Crippen molar-refractivity contribution in [3.8, 4) is 16.9 Å². The summed E-state index contributed by atoms with van der Waals surface area (Å²) in [6.07, 6.45) is 9.08. The molecule has 0 heterocycles. The van der Waals surface area contributed by atoms with Crippen LogP contribution < -0.4 is 15.0 Å². The van der Waals surface area contributed by atoms with Gasteiger partial charge in [-0.15, -0.1) is 0 Å². The summed E-state index contributed by atoms with van der Waals surface area (Å²) >= 11 is 6.33. The van der Waals surface area contributed by atoms with E-state index in [4.69, 9.17) is 16.3 Å². The van der Waals surface area contributed by atoms with Crippen LogP contribution in [0, 0.1) is 0 Å². The lowest BCUT2D eigenvalue weighted by atomic mass is 9.88. The van der Waals surface area contributed by atoms with Gasteiger partial charge in [-0.2, -0.15) is 0 Å². The standard InChI is InChI=1S/C38H50ClN3O5/c1-4-5-6-10-22-41(2)30-17-19-31(20-18-30)42(38(45)46)35-23-27(16-21-32(35)28-13-8-7-9-14-28)12-11-15-37(44)40-34-25-36(47-3)29(26-43)24-33(34)39/h7-9,13-14,16,21,23-25,30-31,43H,4-6,10-12,15,17-20,22,26H2,1-3H3,(H,40,44)(H,45,46)/t30-,31-. The van der Waals surface area contributed by atoms with Gasteiger partial charge in [-0.1, -0.05) is 80.3 Å². The molecule has 9 heteroatoms. The Kier molecular flexibility index (Phi) is 13.9. The summed E-state index contributed by atoms with van der Waals surface area (Å²) in [5.74, 6) is 0.259. The summed E-state index contributed by atoms with van der Waals surface area (Å²) < 4.78 is 5.30. The quantitative estimate of drug-likeness (QED) is 0.132. The molecule has 0 saturated heterocycles. The van der Waals surface area contributed by atoms with Crippen LogP contribution in [0.3, 0.4) is 0 Å². The fourth-order valence-electron chi connectivity index (χ4n) is 6.65. The summed E-state index contributed by atoms with van der Waals surface area (Å²) in [7, 11) is 3.71. The number of hydrogen-bond donors (Lipinski definition) is 3. The van der Waals surface area contributed by atoms with Crippen LogP contribution in [0.5, 0.6) is 5.75 Å². The molecule has 0 radical (unpaired) electrons. The number of nitrogens with zero attached hydrogens (tertiary/aromatic N) is 2. The van der Waals surface area contributed by atoms with E-state index in [0.717, 1.165) is 48.9 Å². The van der Waals surface area contributed by atoms with E-state index in [1.165, 1.54) is 32.8 Å². The molecule has 0 unspecified atom stereocenters. The molecule has 0 aromatic heterocycles. The molecule has 3 aromatic rings. The van der Waals surface area contributed by atoms with Crippen molar-refractivity contribution in [3.05, 3.63) is 76.8 Å². The van der Waals surface area contributed by atoms with Crippen LogP contribution in [0.2, 0.25) is 5.02 Å². The summed E-state index contributed by atoms with van der Waals surface area (Å²) in [5.41, 5.74) is 4.50. The number of carbonyl (C=O) groups excluding carboxylic acids is 1. The molecule has 0 bridgehead atoms. The Morgan fingerprint density at radius 1 is 0.957 bits per heavy atom. The lowest BCUT2D eigenvalue weighted by Gasteiger charge is -2.39. The average Bonchev–Trinajstić information content (AvgIpc) is 3.08. The molecular formula is C38H50ClN3O5. The first-order valence-electron chi connectivity index (χ1n) is 16.9. The zero-order valence-electron chi connectivity index (χ0n) is 28.0. The Balaban J connectivity index is 1.46. The number of carboxylic acid groups (broad SMARTS) is 1. The van der Waals surface area contributed by atoms with Gasteiger partial charge in [0, 0.05) is 35.7 Å². The van der Waals surface area contributed by atoms with Gasteiger partial charge >= 0.3 is 6.09 Å². The van der Waals surface area contributed by atoms with E-state index in [1.807, 2.05) is 48.5 Å². The fraction of sp³-hybridized carbons (Fsp3) is 0.474. The van der Waals surface area contributed by atoms with Gasteiger partial charge in [0.1, 0.15) is 5.75 Å². The van der Waals surface area contributed by atoms with E-state index in [2.05, 4.69) is 24.2 Å². The van der Waals surface area contributed by atoms with Crippen LogP contribution >= 0.6 is 11.6 Å². The van der Waals surface area contributed by atoms with Gasteiger partial charge in [-0.3, -0.25) is 9.69 Å². The van der Waals surface area contributed by atoms with Crippen LogP contribution in [-0.2, 0) is 17.8 Å². The van der Waals surface area contributed by atoms with Crippen molar-refractivity contribution in [2.24, 2.45) is 0 Å². The Hall–Kier alpha value is -3.59. The third-order valence-corrected chi connectivity index (χ3v) is 9.63. The molecule has 1 aliphatic rings. The molecule has 1 aliphatic carbocycles. The molecule has 4 rings (SSSR count). The Morgan fingerprint density at radius 2 is 1.68 bits per heavy atom. The molecule has 254 valence electrons. The molecule has 3 aromatic carbocycles. The molecular weight excluding hydrogens is 614 g/mol. The summed E-state index contributed by atoms with van der Waals surface area (Å²) in [6.45, 7) is 3.10. The molecule has 8 nitrogen and oxygen atoms in total. The molecule has 0 spiro atoms. The van der Waals surface area contributed by atoms with E-state index < -0.39 is 6.09 Å². The summed E-state index contributed by atoms with van der Waals surface area (Å²) in [6, 6.07) is 19.6. The van der Waals surface area contributed by atoms with Crippen molar-refractivity contribution in [1.29, 1.82) is 0 Å². The molecule has 2 amide bonds. The largest absolute Gasteiger partial charge is 0.496 e. The van der Waals surface area contributed by atoms with Gasteiger partial charge < -0.3 is 25.2 Å². The smallest absolute Gasteiger partial charge is 0.412 e. The minimum absolute atomic E-state index is 0.0975. The lowest BCUT2D eigenvalue weighted by Crippen LogP contribution is -2.45. The van der Waals surface area contributed by atoms with Crippen LogP contribution in [0.1, 0.15) is 82.3 Å². The third kappa shape index (κ3) is 9.95. The number of hydrogen-bond acceptors (Lipinski definition) is 5. The number of unbranched alkanes of at least 4 members (excludes halogenated alkanes) is 3. The number of amides is 2. The van der Waals surface area contributed by atoms with Crippen molar-refractivity contribution >= 4 is 35.0 Å². The number of nitrogens with one attached hydrogen (secondary N) is 1. The molecule has 3 N–H and O–H groups in total. The molecule has 0 aliphatic heterocycles. The minimum Gasteiger partial charge on any atom is -0.496 e. The first-order valence-corrected chi connectivity index (χ1v) is 17.3. The highest BCUT2D eigenvalue weighted by Gasteiger charge is 2.32. The summed E-state index contributed by atoms with van der Waals surface area (Å²) in [5, 5.41) is 23.3. The zero-order chi connectivity index (χ0) is 33.8. The van der Waals surface area contributed by atoms with Gasteiger partial charge in [-0.25, -0.2) is 4.79 Å². The predicted molar refractivity (Wildman–Crippen MR) is 191 cm³/mol. The number of aliphatic hydroxyl groups is 1. The Labute approximate surface area is 284 Å². The van der Waals surface area contributed by atoms with E-state index in [0.29, 0.717) is 46.6 Å². The second kappa shape index (κ2) is 18.1.